The van der Waals surface area contributed by atoms with E-state index in [0.717, 1.165) is 54.4 Å². The fourth-order valence-corrected chi connectivity index (χ4v) is 3.20. The van der Waals surface area contributed by atoms with Crippen molar-refractivity contribution in [2.24, 2.45) is 5.92 Å². The molecule has 0 bridgehead atoms. The van der Waals surface area contributed by atoms with Gasteiger partial charge in [-0.3, -0.25) is 0 Å². The number of pyridine rings is 2. The van der Waals surface area contributed by atoms with Crippen LogP contribution in [0.3, 0.4) is 0 Å². The van der Waals surface area contributed by atoms with E-state index in [2.05, 4.69) is 14.5 Å². The van der Waals surface area contributed by atoms with Crippen molar-refractivity contribution in [2.45, 2.75) is 19.9 Å². The molecule has 0 amide bonds. The molecule has 124 valence electrons. The van der Waals surface area contributed by atoms with E-state index in [1.54, 1.807) is 12.1 Å². The van der Waals surface area contributed by atoms with Gasteiger partial charge in [0.2, 0.25) is 0 Å². The number of hydrogen-bond acceptors (Lipinski definition) is 6. The van der Waals surface area contributed by atoms with Gasteiger partial charge < -0.3 is 20.8 Å². The quantitative estimate of drug-likeness (QED) is 0.763. The van der Waals surface area contributed by atoms with Crippen LogP contribution in [0.5, 0.6) is 0 Å². The van der Waals surface area contributed by atoms with Crippen molar-refractivity contribution in [3.63, 3.8) is 0 Å². The van der Waals surface area contributed by atoms with Gasteiger partial charge in [-0.1, -0.05) is 0 Å². The molecule has 1 unspecified atom stereocenters. The fourth-order valence-electron chi connectivity index (χ4n) is 3.20. The molecule has 3 aromatic heterocycles. The van der Waals surface area contributed by atoms with E-state index in [1.165, 1.54) is 0 Å². The van der Waals surface area contributed by atoms with Gasteiger partial charge in [0.25, 0.3) is 0 Å². The lowest BCUT2D eigenvalue weighted by atomic mass is 10.1. The van der Waals surface area contributed by atoms with Crippen molar-refractivity contribution in [3.8, 4) is 11.3 Å². The second-order valence-corrected chi connectivity index (χ2v) is 6.24. The van der Waals surface area contributed by atoms with Gasteiger partial charge in [0.15, 0.2) is 5.65 Å². The minimum atomic E-state index is 0.389. The van der Waals surface area contributed by atoms with Crippen molar-refractivity contribution in [1.82, 2.24) is 19.5 Å². The van der Waals surface area contributed by atoms with E-state index < -0.39 is 0 Å². The summed E-state index contributed by atoms with van der Waals surface area (Å²) in [5, 5.41) is 0. The average molecular weight is 324 g/mol. The van der Waals surface area contributed by atoms with Crippen LogP contribution in [-0.4, -0.2) is 32.7 Å². The van der Waals surface area contributed by atoms with Crippen molar-refractivity contribution in [2.75, 3.05) is 24.7 Å². The molecule has 0 spiro atoms. The molecule has 1 aliphatic heterocycles. The maximum atomic E-state index is 5.80. The van der Waals surface area contributed by atoms with E-state index in [-0.39, 0.29) is 0 Å². The Hall–Kier alpha value is -2.67. The highest BCUT2D eigenvalue weighted by Crippen LogP contribution is 2.25. The monoisotopic (exact) mass is 324 g/mol. The van der Waals surface area contributed by atoms with Crippen LogP contribution in [0.25, 0.3) is 22.4 Å². The highest BCUT2D eigenvalue weighted by atomic mass is 16.5. The summed E-state index contributed by atoms with van der Waals surface area (Å²) >= 11 is 0. The molecule has 0 saturated carbocycles. The van der Waals surface area contributed by atoms with Crippen LogP contribution in [0, 0.1) is 12.8 Å². The Labute approximate surface area is 139 Å². The molecule has 3 aromatic rings. The molecule has 0 aliphatic carbocycles. The Morgan fingerprint density at radius 1 is 1.17 bits per heavy atom. The Kier molecular flexibility index (Phi) is 3.57. The molecular weight excluding hydrogens is 304 g/mol. The number of rotatable bonds is 3. The van der Waals surface area contributed by atoms with Crippen LogP contribution in [-0.2, 0) is 11.3 Å². The SMILES string of the molecule is Cc1nc2ccc(-c3cc(N)nc(N)c3)nc2n1CC1CCOC1. The van der Waals surface area contributed by atoms with Gasteiger partial charge in [0, 0.05) is 24.6 Å². The molecule has 7 heteroatoms. The Morgan fingerprint density at radius 2 is 1.96 bits per heavy atom. The third-order valence-corrected chi connectivity index (χ3v) is 4.41. The lowest BCUT2D eigenvalue weighted by Crippen LogP contribution is -2.12. The van der Waals surface area contributed by atoms with E-state index >= 15 is 0 Å². The van der Waals surface area contributed by atoms with Gasteiger partial charge in [0.1, 0.15) is 23.0 Å². The zero-order chi connectivity index (χ0) is 16.7. The molecule has 4 heterocycles. The number of aromatic nitrogens is 4. The molecule has 7 nitrogen and oxygen atoms in total. The molecule has 1 fully saturated rings. The molecule has 1 aliphatic rings. The normalized spacial score (nSPS) is 17.6. The molecule has 24 heavy (non-hydrogen) atoms. The van der Waals surface area contributed by atoms with Gasteiger partial charge in [0.05, 0.1) is 12.3 Å². The first-order valence-electron chi connectivity index (χ1n) is 8.05. The van der Waals surface area contributed by atoms with E-state index in [4.69, 9.17) is 21.2 Å². The fraction of sp³-hybridized carbons (Fsp3) is 0.353. The number of nitrogens with zero attached hydrogens (tertiary/aromatic N) is 4. The third-order valence-electron chi connectivity index (χ3n) is 4.41. The zero-order valence-corrected chi connectivity index (χ0v) is 13.6. The molecule has 4 rings (SSSR count). The van der Waals surface area contributed by atoms with Crippen LogP contribution in [0.4, 0.5) is 11.6 Å². The standard InChI is InChI=1S/C17H20N6O/c1-10-20-14-3-2-13(12-6-15(18)22-16(19)7-12)21-17(14)23(10)8-11-4-5-24-9-11/h2-3,6-7,11H,4-5,8-9H2,1H3,(H4,18,19,22). The van der Waals surface area contributed by atoms with Crippen LogP contribution in [0.15, 0.2) is 24.3 Å². The number of anilines is 2. The van der Waals surface area contributed by atoms with Gasteiger partial charge in [-0.2, -0.15) is 0 Å². The lowest BCUT2D eigenvalue weighted by Gasteiger charge is -2.11. The smallest absolute Gasteiger partial charge is 0.160 e. The average Bonchev–Trinajstić information content (AvgIpc) is 3.15. The summed E-state index contributed by atoms with van der Waals surface area (Å²) in [6.07, 6.45) is 1.08. The molecule has 4 N–H and O–H groups in total. The summed E-state index contributed by atoms with van der Waals surface area (Å²) in [6, 6.07) is 7.48. The third kappa shape index (κ3) is 2.67. The van der Waals surface area contributed by atoms with Crippen LogP contribution in [0.1, 0.15) is 12.2 Å². The predicted molar refractivity (Wildman–Crippen MR) is 93.2 cm³/mol. The van der Waals surface area contributed by atoms with Crippen LogP contribution < -0.4 is 11.5 Å². The minimum absolute atomic E-state index is 0.389. The number of imidazole rings is 1. The summed E-state index contributed by atoms with van der Waals surface area (Å²) in [6.45, 7) is 4.53. The summed E-state index contributed by atoms with van der Waals surface area (Å²) in [5.74, 6) is 2.26. The number of nitrogen functional groups attached to an aromatic ring is 2. The lowest BCUT2D eigenvalue weighted by molar-refractivity contribution is 0.182. The van der Waals surface area contributed by atoms with Crippen molar-refractivity contribution in [1.29, 1.82) is 0 Å². The number of aryl methyl sites for hydroxylation is 1. The number of ether oxygens (including phenoxy) is 1. The van der Waals surface area contributed by atoms with Crippen LogP contribution >= 0.6 is 0 Å². The topological polar surface area (TPSA) is 105 Å². The Bertz CT molecular complexity index is 877. The van der Waals surface area contributed by atoms with Gasteiger partial charge in [-0.05, 0) is 37.6 Å². The van der Waals surface area contributed by atoms with Crippen molar-refractivity contribution < 1.29 is 4.74 Å². The first-order chi connectivity index (χ1) is 11.6. The Balaban J connectivity index is 1.78. The van der Waals surface area contributed by atoms with E-state index in [0.29, 0.717) is 17.6 Å². The number of hydrogen-bond donors (Lipinski definition) is 2. The molecule has 0 radical (unpaired) electrons. The summed E-state index contributed by atoms with van der Waals surface area (Å²) in [4.78, 5) is 13.4. The summed E-state index contributed by atoms with van der Waals surface area (Å²) < 4.78 is 7.66. The highest BCUT2D eigenvalue weighted by Gasteiger charge is 2.19. The largest absolute Gasteiger partial charge is 0.384 e. The molecule has 0 aromatic carbocycles. The van der Waals surface area contributed by atoms with Gasteiger partial charge in [-0.15, -0.1) is 0 Å². The first-order valence-corrected chi connectivity index (χ1v) is 8.05. The first kappa shape index (κ1) is 14.9. The predicted octanol–water partition coefficient (Wildman–Crippen LogP) is 2.00. The zero-order valence-electron chi connectivity index (χ0n) is 13.6. The Morgan fingerprint density at radius 3 is 2.67 bits per heavy atom. The highest BCUT2D eigenvalue weighted by molar-refractivity contribution is 5.77. The van der Waals surface area contributed by atoms with Crippen LogP contribution in [0.2, 0.25) is 0 Å². The summed E-state index contributed by atoms with van der Waals surface area (Å²) in [5.41, 5.74) is 15.0. The second-order valence-electron chi connectivity index (χ2n) is 6.24. The van der Waals surface area contributed by atoms with E-state index in [9.17, 15) is 0 Å². The van der Waals surface area contributed by atoms with Gasteiger partial charge in [-0.25, -0.2) is 15.0 Å². The maximum absolute atomic E-state index is 5.80. The van der Waals surface area contributed by atoms with Crippen molar-refractivity contribution >= 4 is 22.8 Å². The van der Waals surface area contributed by atoms with Gasteiger partial charge >= 0.3 is 0 Å². The van der Waals surface area contributed by atoms with Crippen molar-refractivity contribution in [3.05, 3.63) is 30.1 Å². The van der Waals surface area contributed by atoms with E-state index in [1.807, 2.05) is 19.1 Å². The second kappa shape index (κ2) is 5.76. The minimum Gasteiger partial charge on any atom is -0.384 e. The number of fused-ring (bicyclic) bond motifs is 1. The maximum Gasteiger partial charge on any atom is 0.160 e. The molecular formula is C17H20N6O. The molecule has 1 atom stereocenters. The molecule has 1 saturated heterocycles. The number of nitrogens with two attached hydrogens (primary N) is 2. The summed E-state index contributed by atoms with van der Waals surface area (Å²) in [7, 11) is 0.